The molecule has 4 unspecified atom stereocenters. The summed E-state index contributed by atoms with van der Waals surface area (Å²) in [5, 5.41) is 9.30. The van der Waals surface area contributed by atoms with E-state index in [1.807, 2.05) is 12.1 Å². The van der Waals surface area contributed by atoms with Crippen molar-refractivity contribution in [3.63, 3.8) is 0 Å². The first-order chi connectivity index (χ1) is 14.2. The molecule has 1 heterocycles. The Labute approximate surface area is 176 Å². The third-order valence-corrected chi connectivity index (χ3v) is 8.29. The van der Waals surface area contributed by atoms with E-state index in [2.05, 4.69) is 32.6 Å². The molecule has 2 aromatic rings. The standard InChI is InChI=1S/C26H24O4/c1-24-13-12-18(15-24)26(3)25(24,2)20-14-17(9-11-22(20)30-26)21(27)10-8-16-6-4-5-7-19(16)23(28)29/h4-7,9,11,14,18H,12-13,15H2,1-3H3,(H,28,29). The van der Waals surface area contributed by atoms with Crippen molar-refractivity contribution in [1.29, 1.82) is 0 Å². The Morgan fingerprint density at radius 2 is 1.90 bits per heavy atom. The Kier molecular flexibility index (Phi) is 3.78. The minimum atomic E-state index is -1.06. The number of ketones is 1. The molecule has 2 bridgehead atoms. The fourth-order valence-corrected chi connectivity index (χ4v) is 6.30. The van der Waals surface area contributed by atoms with Crippen LogP contribution < -0.4 is 4.74 Å². The van der Waals surface area contributed by atoms with Crippen LogP contribution in [-0.2, 0) is 5.41 Å². The molecular weight excluding hydrogens is 376 g/mol. The van der Waals surface area contributed by atoms with Gasteiger partial charge in [0.05, 0.1) is 5.56 Å². The normalized spacial score (nSPS) is 32.6. The van der Waals surface area contributed by atoms with Gasteiger partial charge in [0.15, 0.2) is 0 Å². The van der Waals surface area contributed by atoms with E-state index in [1.165, 1.54) is 18.9 Å². The lowest BCUT2D eigenvalue weighted by Crippen LogP contribution is -2.54. The number of rotatable bonds is 2. The molecule has 4 heteroatoms. The fourth-order valence-electron chi connectivity index (χ4n) is 6.30. The predicted molar refractivity (Wildman–Crippen MR) is 113 cm³/mol. The van der Waals surface area contributed by atoms with Crippen molar-refractivity contribution < 1.29 is 19.4 Å². The maximum Gasteiger partial charge on any atom is 0.336 e. The smallest absolute Gasteiger partial charge is 0.336 e. The molecule has 4 atom stereocenters. The summed E-state index contributed by atoms with van der Waals surface area (Å²) in [5.41, 5.74) is 1.84. The zero-order valence-corrected chi connectivity index (χ0v) is 17.4. The largest absolute Gasteiger partial charge is 0.486 e. The van der Waals surface area contributed by atoms with E-state index in [9.17, 15) is 14.7 Å². The molecule has 152 valence electrons. The third-order valence-electron chi connectivity index (χ3n) is 8.29. The second kappa shape index (κ2) is 5.98. The number of ether oxygens (including phenoxy) is 1. The molecule has 0 radical (unpaired) electrons. The second-order valence-electron chi connectivity index (χ2n) is 9.48. The number of carbonyl (C=O) groups is 2. The van der Waals surface area contributed by atoms with Gasteiger partial charge >= 0.3 is 5.97 Å². The van der Waals surface area contributed by atoms with E-state index in [1.54, 1.807) is 24.3 Å². The van der Waals surface area contributed by atoms with Gasteiger partial charge in [0.2, 0.25) is 5.78 Å². The Hall–Kier alpha value is -3.06. The van der Waals surface area contributed by atoms with E-state index < -0.39 is 5.97 Å². The van der Waals surface area contributed by atoms with Crippen LogP contribution in [0.3, 0.4) is 0 Å². The number of hydrogen-bond acceptors (Lipinski definition) is 3. The fraction of sp³-hybridized carbons (Fsp3) is 0.385. The first-order valence-electron chi connectivity index (χ1n) is 10.4. The van der Waals surface area contributed by atoms with E-state index in [-0.39, 0.29) is 27.8 Å². The van der Waals surface area contributed by atoms with Gasteiger partial charge in [0.1, 0.15) is 11.4 Å². The van der Waals surface area contributed by atoms with Gasteiger partial charge in [-0.05, 0) is 73.8 Å². The number of fused-ring (bicyclic) bond motifs is 7. The van der Waals surface area contributed by atoms with Crippen LogP contribution in [0.1, 0.15) is 71.9 Å². The molecule has 0 spiro atoms. The highest BCUT2D eigenvalue weighted by atomic mass is 16.5. The van der Waals surface area contributed by atoms with Crippen LogP contribution in [0, 0.1) is 23.2 Å². The SMILES string of the molecule is CC12CCC(C1)C1(C)Oc3ccc(C(=O)C#Cc4ccccc4C(=O)O)cc3C21C. The topological polar surface area (TPSA) is 63.6 Å². The molecule has 30 heavy (non-hydrogen) atoms. The predicted octanol–water partition coefficient (Wildman–Crippen LogP) is 4.85. The summed E-state index contributed by atoms with van der Waals surface area (Å²) in [6, 6.07) is 12.1. The number of Topliss-reactive ketones (excluding diaryl/α,β-unsaturated/α-hetero) is 1. The van der Waals surface area contributed by atoms with Crippen molar-refractivity contribution >= 4 is 11.8 Å². The quantitative estimate of drug-likeness (QED) is 0.578. The zero-order chi connectivity index (χ0) is 21.3. The number of carboxylic acid groups (broad SMARTS) is 1. The summed E-state index contributed by atoms with van der Waals surface area (Å²) in [6.07, 6.45) is 3.52. The van der Waals surface area contributed by atoms with Crippen LogP contribution in [0.2, 0.25) is 0 Å². The molecule has 2 aromatic carbocycles. The first-order valence-corrected chi connectivity index (χ1v) is 10.4. The van der Waals surface area contributed by atoms with Gasteiger partial charge in [-0.3, -0.25) is 4.79 Å². The van der Waals surface area contributed by atoms with Gasteiger partial charge in [0.25, 0.3) is 0 Å². The Bertz CT molecular complexity index is 1170. The minimum absolute atomic E-state index is 0.0957. The summed E-state index contributed by atoms with van der Waals surface area (Å²) in [5.74, 6) is 5.41. The van der Waals surface area contributed by atoms with Crippen molar-refractivity contribution in [3.05, 3.63) is 64.7 Å². The van der Waals surface area contributed by atoms with E-state index >= 15 is 0 Å². The molecule has 3 aliphatic rings. The Morgan fingerprint density at radius 3 is 2.67 bits per heavy atom. The number of carbonyl (C=O) groups excluding carboxylic acids is 1. The lowest BCUT2D eigenvalue weighted by molar-refractivity contribution is -0.0260. The summed E-state index contributed by atoms with van der Waals surface area (Å²) >= 11 is 0. The molecule has 1 aliphatic heterocycles. The average molecular weight is 400 g/mol. The third kappa shape index (κ3) is 2.24. The van der Waals surface area contributed by atoms with Gasteiger partial charge in [-0.25, -0.2) is 4.79 Å². The van der Waals surface area contributed by atoms with Crippen LogP contribution in [-0.4, -0.2) is 22.5 Å². The van der Waals surface area contributed by atoms with Gasteiger partial charge in [-0.2, -0.15) is 0 Å². The second-order valence-corrected chi connectivity index (χ2v) is 9.48. The maximum absolute atomic E-state index is 12.9. The maximum atomic E-state index is 12.9. The highest BCUT2D eigenvalue weighted by Crippen LogP contribution is 2.73. The van der Waals surface area contributed by atoms with Crippen LogP contribution in [0.4, 0.5) is 0 Å². The number of aromatic carboxylic acids is 1. The summed E-state index contributed by atoms with van der Waals surface area (Å²) < 4.78 is 6.51. The number of carboxylic acids is 1. The lowest BCUT2D eigenvalue weighted by Gasteiger charge is -2.48. The number of benzene rings is 2. The average Bonchev–Trinajstić information content (AvgIpc) is 3.29. The van der Waals surface area contributed by atoms with E-state index in [4.69, 9.17) is 4.74 Å². The Balaban J connectivity index is 1.52. The molecule has 0 amide bonds. The zero-order valence-electron chi connectivity index (χ0n) is 17.4. The van der Waals surface area contributed by atoms with Crippen molar-refractivity contribution in [2.24, 2.45) is 11.3 Å². The van der Waals surface area contributed by atoms with Crippen LogP contribution in [0.15, 0.2) is 42.5 Å². The lowest BCUT2D eigenvalue weighted by atomic mass is 9.56. The summed E-state index contributed by atoms with van der Waals surface area (Å²) in [6.45, 7) is 6.88. The van der Waals surface area contributed by atoms with Crippen molar-refractivity contribution in [2.75, 3.05) is 0 Å². The van der Waals surface area contributed by atoms with E-state index in [0.29, 0.717) is 17.0 Å². The molecular formula is C26H24O4. The van der Waals surface area contributed by atoms with Crippen molar-refractivity contribution in [3.8, 4) is 17.6 Å². The number of hydrogen-bond donors (Lipinski definition) is 1. The Morgan fingerprint density at radius 1 is 1.13 bits per heavy atom. The molecule has 0 aromatic heterocycles. The van der Waals surface area contributed by atoms with Crippen LogP contribution in [0.25, 0.3) is 0 Å². The molecule has 0 saturated heterocycles. The van der Waals surface area contributed by atoms with Gasteiger partial charge < -0.3 is 9.84 Å². The van der Waals surface area contributed by atoms with Crippen LogP contribution >= 0.6 is 0 Å². The highest BCUT2D eigenvalue weighted by molar-refractivity contribution is 6.09. The minimum Gasteiger partial charge on any atom is -0.486 e. The van der Waals surface area contributed by atoms with Gasteiger partial charge in [0, 0.05) is 22.1 Å². The van der Waals surface area contributed by atoms with E-state index in [0.717, 1.165) is 17.7 Å². The van der Waals surface area contributed by atoms with Crippen molar-refractivity contribution in [2.45, 2.75) is 51.0 Å². The monoisotopic (exact) mass is 400 g/mol. The van der Waals surface area contributed by atoms with Crippen LogP contribution in [0.5, 0.6) is 5.75 Å². The molecule has 2 fully saturated rings. The first kappa shape index (κ1) is 18.9. The highest BCUT2D eigenvalue weighted by Gasteiger charge is 2.73. The molecule has 5 rings (SSSR count). The van der Waals surface area contributed by atoms with Crippen molar-refractivity contribution in [1.82, 2.24) is 0 Å². The summed E-state index contributed by atoms with van der Waals surface area (Å²) in [7, 11) is 0. The molecule has 2 aliphatic carbocycles. The molecule has 2 saturated carbocycles. The van der Waals surface area contributed by atoms with Gasteiger partial charge in [-0.15, -0.1) is 0 Å². The summed E-state index contributed by atoms with van der Waals surface area (Å²) in [4.78, 5) is 24.2. The molecule has 1 N–H and O–H groups in total. The van der Waals surface area contributed by atoms with Gasteiger partial charge in [-0.1, -0.05) is 31.9 Å². The molecule has 4 nitrogen and oxygen atoms in total.